The summed E-state index contributed by atoms with van der Waals surface area (Å²) in [4.78, 5) is 17.5. The van der Waals surface area contributed by atoms with Gasteiger partial charge in [-0.3, -0.25) is 4.79 Å². The zero-order valence-corrected chi connectivity index (χ0v) is 25.0. The number of methoxy groups -OCH3 is 2. The fraction of sp³-hybridized carbons (Fsp3) is 0.412. The van der Waals surface area contributed by atoms with E-state index in [-0.39, 0.29) is 5.91 Å². The van der Waals surface area contributed by atoms with Crippen LogP contribution >= 0.6 is 0 Å². The van der Waals surface area contributed by atoms with Crippen molar-refractivity contribution in [3.63, 3.8) is 0 Å². The molecule has 0 radical (unpaired) electrons. The van der Waals surface area contributed by atoms with E-state index in [0.29, 0.717) is 37.0 Å². The second-order valence-corrected chi connectivity index (χ2v) is 10.7. The van der Waals surface area contributed by atoms with E-state index in [4.69, 9.17) is 19.2 Å². The van der Waals surface area contributed by atoms with Crippen molar-refractivity contribution in [2.45, 2.75) is 65.3 Å². The molecule has 7 heteroatoms. The Bertz CT molecular complexity index is 1440. The number of carbonyl (C=O) groups excluding carboxylic acids is 1. The predicted molar refractivity (Wildman–Crippen MR) is 164 cm³/mol. The summed E-state index contributed by atoms with van der Waals surface area (Å²) in [6, 6.07) is 20.3. The highest BCUT2D eigenvalue weighted by Crippen LogP contribution is 2.29. The number of hydrogen-bond acceptors (Lipinski definition) is 5. The SMILES string of the molecule is COc1ccc(CC(=O)NCCCc2nc3ccccc3n2CCCCOc2cc(C)ccc2C(C)C)cc1OC. The number of carbonyl (C=O) groups is 1. The Balaban J connectivity index is 1.28. The van der Waals surface area contributed by atoms with Gasteiger partial charge in [-0.25, -0.2) is 4.98 Å². The van der Waals surface area contributed by atoms with E-state index in [0.717, 1.165) is 60.4 Å². The Morgan fingerprint density at radius 3 is 2.51 bits per heavy atom. The first-order valence-corrected chi connectivity index (χ1v) is 14.5. The minimum atomic E-state index is -0.0139. The number of para-hydroxylation sites is 2. The van der Waals surface area contributed by atoms with Gasteiger partial charge in [0.1, 0.15) is 11.6 Å². The van der Waals surface area contributed by atoms with Gasteiger partial charge >= 0.3 is 0 Å². The highest BCUT2D eigenvalue weighted by Gasteiger charge is 2.12. The molecule has 0 aliphatic carbocycles. The summed E-state index contributed by atoms with van der Waals surface area (Å²) in [6.07, 6.45) is 3.86. The molecule has 1 heterocycles. The summed E-state index contributed by atoms with van der Waals surface area (Å²) in [5.41, 5.74) is 5.53. The third-order valence-electron chi connectivity index (χ3n) is 7.27. The molecule has 0 aliphatic rings. The number of aromatic nitrogens is 2. The van der Waals surface area contributed by atoms with Gasteiger partial charge in [0.05, 0.1) is 38.3 Å². The van der Waals surface area contributed by atoms with E-state index in [9.17, 15) is 4.79 Å². The normalized spacial score (nSPS) is 11.2. The summed E-state index contributed by atoms with van der Waals surface area (Å²) >= 11 is 0. The largest absolute Gasteiger partial charge is 0.493 e. The smallest absolute Gasteiger partial charge is 0.224 e. The van der Waals surface area contributed by atoms with Crippen LogP contribution in [0.5, 0.6) is 17.2 Å². The Hall–Kier alpha value is -4.00. The molecule has 0 spiro atoms. The van der Waals surface area contributed by atoms with Crippen molar-refractivity contribution in [1.29, 1.82) is 0 Å². The van der Waals surface area contributed by atoms with Gasteiger partial charge in [-0.1, -0.05) is 44.2 Å². The quantitative estimate of drug-likeness (QED) is 0.166. The number of nitrogens with one attached hydrogen (secondary N) is 1. The molecule has 0 fully saturated rings. The molecule has 3 aromatic carbocycles. The van der Waals surface area contributed by atoms with Gasteiger partial charge in [-0.15, -0.1) is 0 Å². The van der Waals surface area contributed by atoms with Crippen molar-refractivity contribution in [3.8, 4) is 17.2 Å². The number of benzene rings is 3. The molecular weight excluding hydrogens is 514 g/mol. The molecule has 7 nitrogen and oxygen atoms in total. The van der Waals surface area contributed by atoms with E-state index >= 15 is 0 Å². The van der Waals surface area contributed by atoms with Crippen molar-refractivity contribution in [3.05, 3.63) is 83.2 Å². The third-order valence-corrected chi connectivity index (χ3v) is 7.27. The molecule has 0 saturated heterocycles. The van der Waals surface area contributed by atoms with Crippen molar-refractivity contribution < 1.29 is 19.0 Å². The number of amides is 1. The number of hydrogen-bond donors (Lipinski definition) is 1. The van der Waals surface area contributed by atoms with Crippen LogP contribution in [-0.2, 0) is 24.2 Å². The molecule has 0 aliphatic heterocycles. The maximum Gasteiger partial charge on any atom is 0.224 e. The molecular formula is C34H43N3O4. The monoisotopic (exact) mass is 557 g/mol. The molecule has 0 unspecified atom stereocenters. The standard InChI is InChI=1S/C34H43N3O4/c1-24(2)27-16-14-25(3)21-31(27)41-20-9-8-19-37-29-12-7-6-11-28(29)36-33(37)13-10-18-35-34(38)23-26-15-17-30(39-4)32(22-26)40-5/h6-7,11-12,14-17,21-22,24H,8-10,13,18-20,23H2,1-5H3,(H,35,38). The molecule has 1 aromatic heterocycles. The minimum Gasteiger partial charge on any atom is -0.493 e. The van der Waals surface area contributed by atoms with Gasteiger partial charge in [0.25, 0.3) is 0 Å². The summed E-state index contributed by atoms with van der Waals surface area (Å²) in [5, 5.41) is 3.05. The topological polar surface area (TPSA) is 74.6 Å². The van der Waals surface area contributed by atoms with Crippen molar-refractivity contribution >= 4 is 16.9 Å². The fourth-order valence-corrected chi connectivity index (χ4v) is 5.08. The summed E-state index contributed by atoms with van der Waals surface area (Å²) in [7, 11) is 3.19. The van der Waals surface area contributed by atoms with Gasteiger partial charge < -0.3 is 24.1 Å². The first-order valence-electron chi connectivity index (χ1n) is 14.5. The molecule has 0 saturated carbocycles. The van der Waals surface area contributed by atoms with Crippen LogP contribution in [0.1, 0.15) is 61.5 Å². The predicted octanol–water partition coefficient (Wildman–Crippen LogP) is 6.64. The van der Waals surface area contributed by atoms with Crippen LogP contribution in [0.15, 0.2) is 60.7 Å². The first kappa shape index (κ1) is 30.0. The first-order chi connectivity index (χ1) is 19.9. The van der Waals surface area contributed by atoms with Gasteiger partial charge in [0, 0.05) is 19.5 Å². The van der Waals surface area contributed by atoms with E-state index in [1.807, 2.05) is 24.3 Å². The Kier molecular flexibility index (Phi) is 10.7. The molecule has 4 rings (SSSR count). The Labute approximate surface area is 243 Å². The number of ether oxygens (including phenoxy) is 3. The average Bonchev–Trinajstić information content (AvgIpc) is 3.32. The number of nitrogens with zero attached hydrogens (tertiary/aromatic N) is 2. The zero-order chi connectivity index (χ0) is 29.2. The van der Waals surface area contributed by atoms with Gasteiger partial charge in [0.15, 0.2) is 11.5 Å². The van der Waals surface area contributed by atoms with Crippen LogP contribution in [-0.4, -0.2) is 42.8 Å². The minimum absolute atomic E-state index is 0.0139. The van der Waals surface area contributed by atoms with Crippen LogP contribution in [0.3, 0.4) is 0 Å². The lowest BCUT2D eigenvalue weighted by Crippen LogP contribution is -2.26. The second kappa shape index (κ2) is 14.6. The van der Waals surface area contributed by atoms with Crippen LogP contribution < -0.4 is 19.5 Å². The maximum absolute atomic E-state index is 12.6. The lowest BCUT2D eigenvalue weighted by atomic mass is 10.0. The molecule has 0 bridgehead atoms. The third kappa shape index (κ3) is 8.03. The molecule has 0 atom stereocenters. The molecule has 218 valence electrons. The Morgan fingerprint density at radius 2 is 1.73 bits per heavy atom. The highest BCUT2D eigenvalue weighted by molar-refractivity contribution is 5.79. The zero-order valence-electron chi connectivity index (χ0n) is 25.0. The summed E-state index contributed by atoms with van der Waals surface area (Å²) in [6.45, 7) is 8.68. The number of fused-ring (bicyclic) bond motifs is 1. The highest BCUT2D eigenvalue weighted by atomic mass is 16.5. The van der Waals surface area contributed by atoms with Crippen molar-refractivity contribution in [2.75, 3.05) is 27.4 Å². The second-order valence-electron chi connectivity index (χ2n) is 10.7. The van der Waals surface area contributed by atoms with E-state index < -0.39 is 0 Å². The number of imidazole rings is 1. The molecule has 4 aromatic rings. The Morgan fingerprint density at radius 1 is 0.927 bits per heavy atom. The van der Waals surface area contributed by atoms with Crippen molar-refractivity contribution in [1.82, 2.24) is 14.9 Å². The fourth-order valence-electron chi connectivity index (χ4n) is 5.08. The summed E-state index contributed by atoms with van der Waals surface area (Å²) < 4.78 is 19.2. The number of unbranched alkanes of at least 4 members (excludes halogenated alkanes) is 1. The van der Waals surface area contributed by atoms with Crippen LogP contribution in [0.25, 0.3) is 11.0 Å². The van der Waals surface area contributed by atoms with Crippen molar-refractivity contribution in [2.24, 2.45) is 0 Å². The number of rotatable bonds is 15. The molecule has 1 N–H and O–H groups in total. The van der Waals surface area contributed by atoms with Gasteiger partial charge in [-0.2, -0.15) is 0 Å². The maximum atomic E-state index is 12.6. The molecule has 1 amide bonds. The number of aryl methyl sites for hydroxylation is 3. The van der Waals surface area contributed by atoms with Crippen LogP contribution in [0, 0.1) is 6.92 Å². The van der Waals surface area contributed by atoms with E-state index in [1.165, 1.54) is 11.1 Å². The van der Waals surface area contributed by atoms with E-state index in [1.54, 1.807) is 14.2 Å². The lowest BCUT2D eigenvalue weighted by Gasteiger charge is -2.15. The van der Waals surface area contributed by atoms with E-state index in [2.05, 4.69) is 67.1 Å². The average molecular weight is 558 g/mol. The van der Waals surface area contributed by atoms with Gasteiger partial charge in [-0.05, 0) is 79.1 Å². The van der Waals surface area contributed by atoms with Crippen LogP contribution in [0.4, 0.5) is 0 Å². The van der Waals surface area contributed by atoms with Crippen LogP contribution in [0.2, 0.25) is 0 Å². The summed E-state index contributed by atoms with van der Waals surface area (Å²) in [5.74, 6) is 3.75. The molecule has 41 heavy (non-hydrogen) atoms. The lowest BCUT2D eigenvalue weighted by molar-refractivity contribution is -0.120. The van der Waals surface area contributed by atoms with Gasteiger partial charge in [0.2, 0.25) is 5.91 Å².